The predicted molar refractivity (Wildman–Crippen MR) is 92.1 cm³/mol. The van der Waals surface area contributed by atoms with Crippen molar-refractivity contribution in [3.05, 3.63) is 47.5 Å². The summed E-state index contributed by atoms with van der Waals surface area (Å²) in [5, 5.41) is 9.53. The second-order valence-corrected chi connectivity index (χ2v) is 6.24. The maximum absolute atomic E-state index is 13.1. The molecule has 2 aromatic rings. The lowest BCUT2D eigenvalue weighted by molar-refractivity contribution is -0.127. The molecular formula is C18H21FN4O3. The topological polar surface area (TPSA) is 87.3 Å². The molecule has 0 aliphatic carbocycles. The minimum Gasteiger partial charge on any atom is -0.487 e. The first kappa shape index (κ1) is 17.9. The molecule has 1 aliphatic rings. The predicted octanol–water partition coefficient (Wildman–Crippen LogP) is 1.87. The Balaban J connectivity index is 1.52. The van der Waals surface area contributed by atoms with Crippen LogP contribution in [-0.2, 0) is 11.4 Å². The van der Waals surface area contributed by atoms with Crippen molar-refractivity contribution in [1.82, 2.24) is 20.4 Å². The number of likely N-dealkylation sites (tertiary alicyclic amines) is 1. The minimum atomic E-state index is -0.379. The van der Waals surface area contributed by atoms with Crippen LogP contribution < -0.4 is 10.1 Å². The van der Waals surface area contributed by atoms with Crippen molar-refractivity contribution in [2.24, 2.45) is 0 Å². The van der Waals surface area contributed by atoms with Gasteiger partial charge in [-0.1, -0.05) is 13.0 Å². The van der Waals surface area contributed by atoms with E-state index >= 15 is 0 Å². The van der Waals surface area contributed by atoms with Gasteiger partial charge in [0.25, 0.3) is 5.91 Å². The van der Waals surface area contributed by atoms with Crippen LogP contribution in [0.3, 0.4) is 0 Å². The quantitative estimate of drug-likeness (QED) is 0.789. The largest absolute Gasteiger partial charge is 0.487 e. The van der Waals surface area contributed by atoms with E-state index in [1.807, 2.05) is 6.92 Å². The van der Waals surface area contributed by atoms with Crippen LogP contribution in [0, 0.1) is 5.82 Å². The number of H-pyrrole nitrogens is 1. The average Bonchev–Trinajstić information content (AvgIpc) is 3.21. The highest BCUT2D eigenvalue weighted by molar-refractivity contribution is 5.93. The van der Waals surface area contributed by atoms with Crippen LogP contribution in [-0.4, -0.2) is 46.0 Å². The molecule has 26 heavy (non-hydrogen) atoms. The van der Waals surface area contributed by atoms with Crippen molar-refractivity contribution in [2.45, 2.75) is 32.4 Å². The van der Waals surface area contributed by atoms with E-state index in [-0.39, 0.29) is 36.0 Å². The lowest BCUT2D eigenvalue weighted by Crippen LogP contribution is -2.37. The zero-order valence-electron chi connectivity index (χ0n) is 14.5. The molecule has 7 nitrogen and oxygen atoms in total. The number of rotatable bonds is 7. The second-order valence-electron chi connectivity index (χ2n) is 6.24. The standard InChI is InChI=1S/C18H21FN4O3/c1-2-6-23-10-13(9-17(23)24)20-18(25)16-8-14(21-22-16)11-26-15-5-3-4-12(19)7-15/h3-5,7-8,13H,2,6,9-11H2,1H3,(H,20,25)(H,21,22)/t13-/m0/s1. The molecule has 1 aromatic carbocycles. The first-order valence-electron chi connectivity index (χ1n) is 8.56. The van der Waals surface area contributed by atoms with Crippen molar-refractivity contribution in [2.75, 3.05) is 13.1 Å². The van der Waals surface area contributed by atoms with Crippen LogP contribution in [0.4, 0.5) is 4.39 Å². The molecule has 8 heteroatoms. The average molecular weight is 360 g/mol. The molecule has 1 fully saturated rings. The molecule has 138 valence electrons. The van der Waals surface area contributed by atoms with E-state index in [4.69, 9.17) is 4.74 Å². The number of carbonyl (C=O) groups excluding carboxylic acids is 2. The molecule has 0 saturated carbocycles. The van der Waals surface area contributed by atoms with Gasteiger partial charge in [-0.15, -0.1) is 0 Å². The number of carbonyl (C=O) groups is 2. The normalized spacial score (nSPS) is 16.8. The summed E-state index contributed by atoms with van der Waals surface area (Å²) in [6.07, 6.45) is 1.20. The molecule has 1 atom stereocenters. The van der Waals surface area contributed by atoms with Crippen molar-refractivity contribution in [3.8, 4) is 5.75 Å². The molecule has 2 N–H and O–H groups in total. The van der Waals surface area contributed by atoms with Gasteiger partial charge in [0.1, 0.15) is 23.9 Å². The number of benzene rings is 1. The summed E-state index contributed by atoms with van der Waals surface area (Å²) < 4.78 is 18.6. The van der Waals surface area contributed by atoms with Crippen LogP contribution in [0.5, 0.6) is 5.75 Å². The Morgan fingerprint density at radius 1 is 1.46 bits per heavy atom. The fourth-order valence-corrected chi connectivity index (χ4v) is 2.88. The smallest absolute Gasteiger partial charge is 0.272 e. The van der Waals surface area contributed by atoms with Gasteiger partial charge in [-0.25, -0.2) is 4.39 Å². The third-order valence-corrected chi connectivity index (χ3v) is 4.10. The third-order valence-electron chi connectivity index (χ3n) is 4.10. The van der Waals surface area contributed by atoms with E-state index in [1.165, 1.54) is 12.1 Å². The molecule has 0 unspecified atom stereocenters. The van der Waals surface area contributed by atoms with Gasteiger partial charge in [0.05, 0.1) is 11.7 Å². The fraction of sp³-hybridized carbons (Fsp3) is 0.389. The molecular weight excluding hydrogens is 339 g/mol. The lowest BCUT2D eigenvalue weighted by atomic mass is 10.2. The lowest BCUT2D eigenvalue weighted by Gasteiger charge is -2.15. The Hall–Kier alpha value is -2.90. The van der Waals surface area contributed by atoms with Gasteiger partial charge in [-0.3, -0.25) is 14.7 Å². The Bertz CT molecular complexity index is 792. The molecule has 1 aromatic heterocycles. The number of amides is 2. The number of hydrogen-bond acceptors (Lipinski definition) is 4. The summed E-state index contributed by atoms with van der Waals surface area (Å²) in [6, 6.07) is 7.19. The highest BCUT2D eigenvalue weighted by atomic mass is 19.1. The number of hydrogen-bond donors (Lipinski definition) is 2. The molecule has 2 heterocycles. The van der Waals surface area contributed by atoms with Gasteiger partial charge in [-0.2, -0.15) is 5.10 Å². The maximum atomic E-state index is 13.1. The molecule has 0 radical (unpaired) electrons. The number of ether oxygens (including phenoxy) is 1. The second kappa shape index (κ2) is 7.99. The summed E-state index contributed by atoms with van der Waals surface area (Å²) in [4.78, 5) is 25.9. The summed E-state index contributed by atoms with van der Waals surface area (Å²) in [7, 11) is 0. The number of aromatic nitrogens is 2. The molecule has 0 bridgehead atoms. The van der Waals surface area contributed by atoms with Crippen molar-refractivity contribution in [3.63, 3.8) is 0 Å². The van der Waals surface area contributed by atoms with E-state index in [1.54, 1.807) is 23.1 Å². The Labute approximate surface area is 150 Å². The molecule has 3 rings (SSSR count). The van der Waals surface area contributed by atoms with Gasteiger partial charge >= 0.3 is 0 Å². The monoisotopic (exact) mass is 360 g/mol. The minimum absolute atomic E-state index is 0.0587. The van der Waals surface area contributed by atoms with Gasteiger partial charge < -0.3 is 15.0 Å². The number of aromatic amines is 1. The van der Waals surface area contributed by atoms with E-state index < -0.39 is 0 Å². The number of nitrogens with one attached hydrogen (secondary N) is 2. The molecule has 1 saturated heterocycles. The van der Waals surface area contributed by atoms with E-state index in [9.17, 15) is 14.0 Å². The summed E-state index contributed by atoms with van der Waals surface area (Å²) >= 11 is 0. The van der Waals surface area contributed by atoms with Crippen LogP contribution in [0.2, 0.25) is 0 Å². The van der Waals surface area contributed by atoms with Crippen LogP contribution >= 0.6 is 0 Å². The number of halogens is 1. The summed E-state index contributed by atoms with van der Waals surface area (Å²) in [5.41, 5.74) is 0.818. The van der Waals surface area contributed by atoms with Gasteiger partial charge in [-0.05, 0) is 24.6 Å². The number of nitrogens with zero attached hydrogens (tertiary/aromatic N) is 2. The first-order chi connectivity index (χ1) is 12.5. The Morgan fingerprint density at radius 2 is 2.31 bits per heavy atom. The molecule has 0 spiro atoms. The highest BCUT2D eigenvalue weighted by Gasteiger charge is 2.30. The van der Waals surface area contributed by atoms with Crippen LogP contribution in [0.25, 0.3) is 0 Å². The SMILES string of the molecule is CCCN1C[C@@H](NC(=O)c2cc(COc3cccc(F)c3)[nH]n2)CC1=O. The fourth-order valence-electron chi connectivity index (χ4n) is 2.88. The van der Waals surface area contributed by atoms with Crippen LogP contribution in [0.15, 0.2) is 30.3 Å². The van der Waals surface area contributed by atoms with Gasteiger partial charge in [0, 0.05) is 25.6 Å². The van der Waals surface area contributed by atoms with E-state index in [2.05, 4.69) is 15.5 Å². The maximum Gasteiger partial charge on any atom is 0.272 e. The third kappa shape index (κ3) is 4.38. The van der Waals surface area contributed by atoms with Crippen molar-refractivity contribution < 1.29 is 18.7 Å². The zero-order valence-corrected chi connectivity index (χ0v) is 14.5. The summed E-state index contributed by atoms with van der Waals surface area (Å²) in [6.45, 7) is 3.37. The van der Waals surface area contributed by atoms with Gasteiger partial charge in [0.15, 0.2) is 0 Å². The van der Waals surface area contributed by atoms with Crippen LogP contribution in [0.1, 0.15) is 35.9 Å². The Kier molecular flexibility index (Phi) is 5.50. The molecule has 2 amide bonds. The summed E-state index contributed by atoms with van der Waals surface area (Å²) in [5.74, 6) is -0.265. The van der Waals surface area contributed by atoms with E-state index in [0.29, 0.717) is 31.0 Å². The highest BCUT2D eigenvalue weighted by Crippen LogP contribution is 2.15. The zero-order chi connectivity index (χ0) is 18.5. The van der Waals surface area contributed by atoms with E-state index in [0.717, 1.165) is 6.42 Å². The first-order valence-corrected chi connectivity index (χ1v) is 8.56. The molecule has 1 aliphatic heterocycles. The van der Waals surface area contributed by atoms with Crippen molar-refractivity contribution >= 4 is 11.8 Å². The van der Waals surface area contributed by atoms with Crippen molar-refractivity contribution in [1.29, 1.82) is 0 Å². The van der Waals surface area contributed by atoms with Gasteiger partial charge in [0.2, 0.25) is 5.91 Å². The Morgan fingerprint density at radius 3 is 3.08 bits per heavy atom.